The Kier molecular flexibility index (Phi) is 5.49. The number of nitrogens with zero attached hydrogens (tertiary/aromatic N) is 1. The molecule has 1 heterocycles. The lowest BCUT2D eigenvalue weighted by Crippen LogP contribution is -2.42. The minimum absolute atomic E-state index is 0.628. The molecule has 3 nitrogen and oxygen atoms in total. The van der Waals surface area contributed by atoms with Crippen molar-refractivity contribution in [3.8, 4) is 5.75 Å². The fourth-order valence-corrected chi connectivity index (χ4v) is 2.82. The third-order valence-electron chi connectivity index (χ3n) is 3.85. The van der Waals surface area contributed by atoms with Crippen molar-refractivity contribution >= 4 is 11.6 Å². The molecule has 1 saturated heterocycles. The Morgan fingerprint density at radius 1 is 1.37 bits per heavy atom. The summed E-state index contributed by atoms with van der Waals surface area (Å²) >= 11 is 6.13. The van der Waals surface area contributed by atoms with E-state index in [9.17, 15) is 0 Å². The van der Waals surface area contributed by atoms with Gasteiger partial charge in [-0.05, 0) is 50.2 Å². The van der Waals surface area contributed by atoms with Crippen molar-refractivity contribution in [1.29, 1.82) is 0 Å². The Morgan fingerprint density at radius 3 is 2.68 bits per heavy atom. The van der Waals surface area contributed by atoms with Gasteiger partial charge in [-0.1, -0.05) is 24.6 Å². The average Bonchev–Trinajstić information content (AvgIpc) is 2.46. The Labute approximate surface area is 120 Å². The summed E-state index contributed by atoms with van der Waals surface area (Å²) in [6.07, 6.45) is 2.47. The van der Waals surface area contributed by atoms with Crippen LogP contribution in [-0.4, -0.2) is 37.7 Å². The smallest absolute Gasteiger partial charge is 0.137 e. The maximum Gasteiger partial charge on any atom is 0.137 e. The Hall–Kier alpha value is -0.770. The molecular weight excluding hydrogens is 260 g/mol. The highest BCUT2D eigenvalue weighted by Crippen LogP contribution is 2.25. The van der Waals surface area contributed by atoms with Gasteiger partial charge in [-0.25, -0.2) is 0 Å². The predicted molar refractivity (Wildman–Crippen MR) is 80.0 cm³/mol. The van der Waals surface area contributed by atoms with E-state index in [1.54, 1.807) is 7.11 Å². The zero-order chi connectivity index (χ0) is 13.7. The van der Waals surface area contributed by atoms with E-state index in [2.05, 4.69) is 23.2 Å². The minimum atomic E-state index is 0.628. The zero-order valence-electron chi connectivity index (χ0n) is 11.8. The van der Waals surface area contributed by atoms with Gasteiger partial charge in [0.15, 0.2) is 0 Å². The summed E-state index contributed by atoms with van der Waals surface area (Å²) in [6.45, 7) is 6.68. The van der Waals surface area contributed by atoms with Crippen molar-refractivity contribution in [3.05, 3.63) is 28.8 Å². The highest BCUT2D eigenvalue weighted by molar-refractivity contribution is 6.32. The van der Waals surface area contributed by atoms with Gasteiger partial charge in [0.05, 0.1) is 12.1 Å². The highest BCUT2D eigenvalue weighted by Gasteiger charge is 2.17. The van der Waals surface area contributed by atoms with E-state index in [1.807, 2.05) is 12.1 Å². The minimum Gasteiger partial charge on any atom is -0.495 e. The van der Waals surface area contributed by atoms with E-state index in [0.29, 0.717) is 11.1 Å². The number of ether oxygens (including phenoxy) is 1. The van der Waals surface area contributed by atoms with Gasteiger partial charge >= 0.3 is 0 Å². The van der Waals surface area contributed by atoms with Crippen molar-refractivity contribution in [2.24, 2.45) is 0 Å². The van der Waals surface area contributed by atoms with E-state index in [-0.39, 0.29) is 0 Å². The van der Waals surface area contributed by atoms with Crippen LogP contribution in [0.5, 0.6) is 5.75 Å². The Balaban J connectivity index is 1.81. The molecule has 1 N–H and O–H groups in total. The molecular formula is C15H23ClN2O. The van der Waals surface area contributed by atoms with E-state index in [0.717, 1.165) is 12.3 Å². The fourth-order valence-electron chi connectivity index (χ4n) is 2.54. The van der Waals surface area contributed by atoms with Gasteiger partial charge in [-0.15, -0.1) is 0 Å². The fraction of sp³-hybridized carbons (Fsp3) is 0.600. The van der Waals surface area contributed by atoms with Crippen LogP contribution in [-0.2, 0) is 6.54 Å². The summed E-state index contributed by atoms with van der Waals surface area (Å²) in [5.41, 5.74) is 1.21. The number of halogens is 1. The lowest BCUT2D eigenvalue weighted by molar-refractivity contribution is 0.206. The third kappa shape index (κ3) is 4.10. The number of piperidine rings is 1. The van der Waals surface area contributed by atoms with E-state index in [1.165, 1.54) is 38.0 Å². The van der Waals surface area contributed by atoms with Crippen LogP contribution >= 0.6 is 11.6 Å². The SMILES string of the molecule is CCN1CCC(NCc2ccc(OC)c(Cl)c2)CC1. The van der Waals surface area contributed by atoms with Crippen molar-refractivity contribution in [1.82, 2.24) is 10.2 Å². The molecule has 4 heteroatoms. The number of hydrogen-bond donors (Lipinski definition) is 1. The number of methoxy groups -OCH3 is 1. The van der Waals surface area contributed by atoms with E-state index >= 15 is 0 Å². The van der Waals surface area contributed by atoms with Crippen LogP contribution in [0.2, 0.25) is 5.02 Å². The molecule has 1 aromatic carbocycles. The first-order valence-electron chi connectivity index (χ1n) is 7.01. The molecule has 0 atom stereocenters. The molecule has 0 bridgehead atoms. The first-order chi connectivity index (χ1) is 9.22. The van der Waals surface area contributed by atoms with Gasteiger partial charge in [-0.3, -0.25) is 0 Å². The third-order valence-corrected chi connectivity index (χ3v) is 4.14. The molecule has 0 radical (unpaired) electrons. The van der Waals surface area contributed by atoms with Crippen LogP contribution in [0.4, 0.5) is 0 Å². The maximum absolute atomic E-state index is 6.13. The predicted octanol–water partition coefficient (Wildman–Crippen LogP) is 2.92. The molecule has 0 saturated carbocycles. The number of rotatable bonds is 5. The van der Waals surface area contributed by atoms with Gasteiger partial charge < -0.3 is 15.0 Å². The molecule has 1 aliphatic rings. The lowest BCUT2D eigenvalue weighted by Gasteiger charge is -2.31. The first-order valence-corrected chi connectivity index (χ1v) is 7.39. The lowest BCUT2D eigenvalue weighted by atomic mass is 10.0. The molecule has 1 aromatic rings. The second kappa shape index (κ2) is 7.13. The maximum atomic E-state index is 6.13. The van der Waals surface area contributed by atoms with Crippen molar-refractivity contribution in [2.45, 2.75) is 32.4 Å². The van der Waals surface area contributed by atoms with Crippen molar-refractivity contribution < 1.29 is 4.74 Å². The van der Waals surface area contributed by atoms with Gasteiger partial charge in [-0.2, -0.15) is 0 Å². The zero-order valence-corrected chi connectivity index (χ0v) is 12.5. The molecule has 0 amide bonds. The molecule has 0 aromatic heterocycles. The van der Waals surface area contributed by atoms with Crippen LogP contribution in [0.15, 0.2) is 18.2 Å². The first kappa shape index (κ1) is 14.6. The second-order valence-electron chi connectivity index (χ2n) is 5.06. The van der Waals surface area contributed by atoms with Gasteiger partial charge in [0.2, 0.25) is 0 Å². The topological polar surface area (TPSA) is 24.5 Å². The standard InChI is InChI=1S/C15H23ClN2O/c1-3-18-8-6-13(7-9-18)17-11-12-4-5-15(19-2)14(16)10-12/h4-5,10,13,17H,3,6-9,11H2,1-2H3. The van der Waals surface area contributed by atoms with Crippen LogP contribution in [0.1, 0.15) is 25.3 Å². The van der Waals surface area contributed by atoms with Crippen molar-refractivity contribution in [2.75, 3.05) is 26.7 Å². The number of likely N-dealkylation sites (tertiary alicyclic amines) is 1. The summed E-state index contributed by atoms with van der Waals surface area (Å²) in [6, 6.07) is 6.61. The molecule has 106 valence electrons. The molecule has 0 aliphatic carbocycles. The monoisotopic (exact) mass is 282 g/mol. The summed E-state index contributed by atoms with van der Waals surface area (Å²) in [5.74, 6) is 0.738. The summed E-state index contributed by atoms with van der Waals surface area (Å²) in [7, 11) is 1.64. The van der Waals surface area contributed by atoms with Crippen LogP contribution in [0, 0.1) is 0 Å². The number of nitrogens with one attached hydrogen (secondary N) is 1. The quantitative estimate of drug-likeness (QED) is 0.899. The average molecular weight is 283 g/mol. The van der Waals surface area contributed by atoms with Gasteiger partial charge in [0.1, 0.15) is 5.75 Å². The Bertz CT molecular complexity index is 403. The highest BCUT2D eigenvalue weighted by atomic mass is 35.5. The van der Waals surface area contributed by atoms with Crippen LogP contribution < -0.4 is 10.1 Å². The van der Waals surface area contributed by atoms with Crippen molar-refractivity contribution in [3.63, 3.8) is 0 Å². The molecule has 2 rings (SSSR count). The van der Waals surface area contributed by atoms with E-state index in [4.69, 9.17) is 16.3 Å². The van der Waals surface area contributed by atoms with E-state index < -0.39 is 0 Å². The molecule has 0 unspecified atom stereocenters. The molecule has 0 spiro atoms. The van der Waals surface area contributed by atoms with Crippen LogP contribution in [0.3, 0.4) is 0 Å². The number of hydrogen-bond acceptors (Lipinski definition) is 3. The summed E-state index contributed by atoms with van der Waals surface area (Å²) in [5, 5.41) is 4.30. The number of benzene rings is 1. The second-order valence-corrected chi connectivity index (χ2v) is 5.47. The molecule has 19 heavy (non-hydrogen) atoms. The van der Waals surface area contributed by atoms with Gasteiger partial charge in [0.25, 0.3) is 0 Å². The molecule has 1 aliphatic heterocycles. The normalized spacial score (nSPS) is 17.6. The summed E-state index contributed by atoms with van der Waals surface area (Å²) < 4.78 is 5.16. The largest absolute Gasteiger partial charge is 0.495 e. The Morgan fingerprint density at radius 2 is 2.11 bits per heavy atom. The molecule has 1 fully saturated rings. The van der Waals surface area contributed by atoms with Crippen LogP contribution in [0.25, 0.3) is 0 Å². The van der Waals surface area contributed by atoms with Gasteiger partial charge in [0, 0.05) is 12.6 Å². The summed E-state index contributed by atoms with van der Waals surface area (Å²) in [4.78, 5) is 2.50.